The van der Waals surface area contributed by atoms with Crippen molar-refractivity contribution in [2.24, 2.45) is 4.99 Å². The Morgan fingerprint density at radius 2 is 2.07 bits per heavy atom. The van der Waals surface area contributed by atoms with Crippen molar-refractivity contribution < 1.29 is 26.3 Å². The van der Waals surface area contributed by atoms with Gasteiger partial charge < -0.3 is 15.4 Å². The predicted molar refractivity (Wildman–Crippen MR) is 105 cm³/mol. The van der Waals surface area contributed by atoms with Crippen LogP contribution >= 0.6 is 0 Å². The predicted octanol–water partition coefficient (Wildman–Crippen LogP) is 0.667. The van der Waals surface area contributed by atoms with Gasteiger partial charge in [-0.25, -0.2) is 13.1 Å². The van der Waals surface area contributed by atoms with E-state index in [2.05, 4.69) is 20.3 Å². The lowest BCUT2D eigenvalue weighted by Crippen LogP contribution is -2.45. The first-order valence-electron chi connectivity index (χ1n) is 10.1. The molecule has 8 nitrogen and oxygen atoms in total. The number of aliphatic imine (C=N–C) groups is 1. The van der Waals surface area contributed by atoms with Gasteiger partial charge in [-0.3, -0.25) is 9.89 Å². The summed E-state index contributed by atoms with van der Waals surface area (Å²) in [7, 11) is -3.47. The molecule has 2 saturated heterocycles. The van der Waals surface area contributed by atoms with Gasteiger partial charge in [-0.1, -0.05) is 0 Å². The van der Waals surface area contributed by atoms with Crippen LogP contribution in [0.2, 0.25) is 0 Å². The van der Waals surface area contributed by atoms with Crippen LogP contribution in [0.5, 0.6) is 0 Å². The molecule has 3 N–H and O–H groups in total. The summed E-state index contributed by atoms with van der Waals surface area (Å²) in [5, 5.41) is 6.10. The fraction of sp³-hybridized carbons (Fsp3) is 0.941. The molecule has 0 aromatic carbocycles. The number of ether oxygens (including phenoxy) is 1. The zero-order valence-corrected chi connectivity index (χ0v) is 17.6. The highest BCUT2D eigenvalue weighted by Gasteiger charge is 2.34. The normalized spacial score (nSPS) is 24.6. The van der Waals surface area contributed by atoms with Gasteiger partial charge in [0.15, 0.2) is 5.96 Å². The van der Waals surface area contributed by atoms with Crippen LogP contribution in [0.25, 0.3) is 0 Å². The number of guanidine groups is 1. The fourth-order valence-electron chi connectivity index (χ4n) is 3.40. The minimum Gasteiger partial charge on any atom is -0.377 e. The van der Waals surface area contributed by atoms with Crippen molar-refractivity contribution >= 4 is 16.0 Å². The van der Waals surface area contributed by atoms with Gasteiger partial charge >= 0.3 is 6.18 Å². The molecule has 2 rings (SSSR count). The first-order chi connectivity index (χ1) is 13.7. The number of alkyl halides is 3. The van der Waals surface area contributed by atoms with Crippen molar-refractivity contribution in [1.29, 1.82) is 0 Å². The molecule has 2 atom stereocenters. The van der Waals surface area contributed by atoms with E-state index in [1.54, 1.807) is 0 Å². The van der Waals surface area contributed by atoms with Crippen molar-refractivity contribution in [3.8, 4) is 0 Å². The standard InChI is InChI=1S/C17H32F3N5O3S/c1-2-21-16(24-14-6-8-25(12-14)13-17(18,19)20)22-7-10-29(26,27)23-11-15-5-3-4-9-28-15/h14-15,23H,2-13H2,1H3,(H2,21,22,24). The van der Waals surface area contributed by atoms with E-state index in [9.17, 15) is 21.6 Å². The van der Waals surface area contributed by atoms with Crippen LogP contribution in [-0.2, 0) is 14.8 Å². The van der Waals surface area contributed by atoms with Gasteiger partial charge in [0.1, 0.15) is 0 Å². The van der Waals surface area contributed by atoms with Crippen LogP contribution in [0.4, 0.5) is 13.2 Å². The van der Waals surface area contributed by atoms with Gasteiger partial charge in [-0.05, 0) is 32.6 Å². The molecule has 0 aromatic rings. The molecule has 2 fully saturated rings. The lowest BCUT2D eigenvalue weighted by molar-refractivity contribution is -0.143. The molecule has 0 bridgehead atoms. The minimum absolute atomic E-state index is 0.0508. The van der Waals surface area contributed by atoms with Crippen LogP contribution in [0.15, 0.2) is 4.99 Å². The smallest absolute Gasteiger partial charge is 0.377 e. The largest absolute Gasteiger partial charge is 0.401 e. The SMILES string of the molecule is CCNC(=NCCS(=O)(=O)NCC1CCCCO1)NC1CCN(CC(F)(F)F)C1. The van der Waals surface area contributed by atoms with Gasteiger partial charge in [0.2, 0.25) is 10.0 Å². The Balaban J connectivity index is 1.76. The molecule has 0 spiro atoms. The Hall–Kier alpha value is -1.11. The molecular weight excluding hydrogens is 411 g/mol. The van der Waals surface area contributed by atoms with Crippen LogP contribution in [0.1, 0.15) is 32.6 Å². The fourth-order valence-corrected chi connectivity index (χ4v) is 4.31. The van der Waals surface area contributed by atoms with E-state index in [4.69, 9.17) is 4.74 Å². The zero-order chi connectivity index (χ0) is 21.3. The summed E-state index contributed by atoms with van der Waals surface area (Å²) in [4.78, 5) is 5.61. The van der Waals surface area contributed by atoms with E-state index in [0.29, 0.717) is 32.1 Å². The summed E-state index contributed by atoms with van der Waals surface area (Å²) in [6, 6.07) is -0.159. The summed E-state index contributed by atoms with van der Waals surface area (Å²) in [5.74, 6) is 0.249. The number of likely N-dealkylation sites (tertiary alicyclic amines) is 1. The Kier molecular flexibility index (Phi) is 9.44. The Morgan fingerprint density at radius 1 is 1.28 bits per heavy atom. The molecular formula is C17H32F3N5O3S. The van der Waals surface area contributed by atoms with E-state index < -0.39 is 22.7 Å². The highest BCUT2D eigenvalue weighted by Crippen LogP contribution is 2.19. The Bertz CT molecular complexity index is 624. The molecule has 2 unspecified atom stereocenters. The van der Waals surface area contributed by atoms with E-state index in [-0.39, 0.29) is 37.5 Å². The minimum atomic E-state index is -4.21. The number of sulfonamides is 1. The third-order valence-electron chi connectivity index (χ3n) is 4.80. The topological polar surface area (TPSA) is 95.1 Å². The molecule has 0 radical (unpaired) electrons. The summed E-state index contributed by atoms with van der Waals surface area (Å²) in [6.45, 7) is 3.11. The van der Waals surface area contributed by atoms with E-state index >= 15 is 0 Å². The average Bonchev–Trinajstić information content (AvgIpc) is 3.06. The number of halogens is 3. The molecule has 0 aliphatic carbocycles. The van der Waals surface area contributed by atoms with Crippen molar-refractivity contribution in [2.75, 3.05) is 51.6 Å². The average molecular weight is 444 g/mol. The second kappa shape index (κ2) is 11.3. The maximum Gasteiger partial charge on any atom is 0.401 e. The third kappa shape index (κ3) is 9.96. The second-order valence-electron chi connectivity index (χ2n) is 7.40. The maximum atomic E-state index is 12.5. The Labute approximate surface area is 170 Å². The van der Waals surface area contributed by atoms with Crippen LogP contribution in [-0.4, -0.2) is 89.2 Å². The first-order valence-corrected chi connectivity index (χ1v) is 11.7. The van der Waals surface area contributed by atoms with Gasteiger partial charge in [0.05, 0.1) is 24.9 Å². The molecule has 0 saturated carbocycles. The van der Waals surface area contributed by atoms with Gasteiger partial charge in [-0.2, -0.15) is 13.2 Å². The lowest BCUT2D eigenvalue weighted by atomic mass is 10.1. The number of hydrogen-bond acceptors (Lipinski definition) is 5. The van der Waals surface area contributed by atoms with Gasteiger partial charge in [0, 0.05) is 38.8 Å². The molecule has 170 valence electrons. The number of nitrogens with zero attached hydrogens (tertiary/aromatic N) is 2. The van der Waals surface area contributed by atoms with E-state index in [0.717, 1.165) is 19.3 Å². The maximum absolute atomic E-state index is 12.5. The monoisotopic (exact) mass is 443 g/mol. The van der Waals surface area contributed by atoms with Gasteiger partial charge in [0.25, 0.3) is 0 Å². The molecule has 12 heteroatoms. The van der Waals surface area contributed by atoms with Crippen molar-refractivity contribution in [1.82, 2.24) is 20.3 Å². The van der Waals surface area contributed by atoms with Crippen molar-refractivity contribution in [2.45, 2.75) is 50.9 Å². The van der Waals surface area contributed by atoms with Crippen LogP contribution in [0, 0.1) is 0 Å². The van der Waals surface area contributed by atoms with E-state index in [1.807, 2.05) is 6.92 Å². The molecule has 2 aliphatic rings. The molecule has 0 aromatic heterocycles. The summed E-state index contributed by atoms with van der Waals surface area (Å²) >= 11 is 0. The van der Waals surface area contributed by atoms with Crippen molar-refractivity contribution in [3.63, 3.8) is 0 Å². The van der Waals surface area contributed by atoms with Crippen LogP contribution in [0.3, 0.4) is 0 Å². The molecule has 2 aliphatic heterocycles. The molecule has 2 heterocycles. The lowest BCUT2D eigenvalue weighted by Gasteiger charge is -2.22. The number of rotatable bonds is 9. The summed E-state index contributed by atoms with van der Waals surface area (Å²) in [6.07, 6.45) is -0.826. The van der Waals surface area contributed by atoms with Crippen molar-refractivity contribution in [3.05, 3.63) is 0 Å². The molecule has 29 heavy (non-hydrogen) atoms. The highest BCUT2D eigenvalue weighted by atomic mass is 32.2. The Morgan fingerprint density at radius 3 is 2.72 bits per heavy atom. The summed E-state index contributed by atoms with van der Waals surface area (Å²) in [5.41, 5.74) is 0. The highest BCUT2D eigenvalue weighted by molar-refractivity contribution is 7.89. The quantitative estimate of drug-likeness (QED) is 0.358. The molecule has 0 amide bonds. The summed E-state index contributed by atoms with van der Waals surface area (Å²) < 4.78 is 69.9. The third-order valence-corrected chi connectivity index (χ3v) is 6.12. The first kappa shape index (κ1) is 24.2. The number of hydrogen-bond donors (Lipinski definition) is 3. The second-order valence-corrected chi connectivity index (χ2v) is 9.32. The zero-order valence-electron chi connectivity index (χ0n) is 16.8. The number of nitrogens with one attached hydrogen (secondary N) is 3. The van der Waals surface area contributed by atoms with Crippen LogP contribution < -0.4 is 15.4 Å². The van der Waals surface area contributed by atoms with Gasteiger partial charge in [-0.15, -0.1) is 0 Å². The van der Waals surface area contributed by atoms with E-state index in [1.165, 1.54) is 4.90 Å².